The number of rotatable bonds is 9. The van der Waals surface area contributed by atoms with Gasteiger partial charge in [-0.25, -0.2) is 8.42 Å². The normalized spacial score (nSPS) is 13.0. The fourth-order valence-electron chi connectivity index (χ4n) is 1.64. The van der Waals surface area contributed by atoms with Crippen LogP contribution < -0.4 is 5.32 Å². The number of hydrogen-bond acceptors (Lipinski definition) is 4. The molecule has 16 heavy (non-hydrogen) atoms. The summed E-state index contributed by atoms with van der Waals surface area (Å²) in [6.07, 6.45) is 6.42. The minimum absolute atomic E-state index is 0.282. The van der Waals surface area contributed by atoms with E-state index in [0.717, 1.165) is 25.9 Å². The Kier molecular flexibility index (Phi) is 7.68. The van der Waals surface area contributed by atoms with E-state index < -0.39 is 9.84 Å². The first-order valence-corrected chi connectivity index (χ1v) is 9.11. The SMILES string of the molecule is CCC(CC)(CNCCCS(C)(=O)=O)SC. The summed E-state index contributed by atoms with van der Waals surface area (Å²) < 4.78 is 22.2. The Bertz CT molecular complexity index is 263. The molecule has 0 spiro atoms. The third-order valence-corrected chi connectivity index (χ3v) is 5.66. The maximum atomic E-state index is 10.9. The molecule has 0 amide bonds. The molecule has 0 bridgehead atoms. The molecular weight excluding hydrogens is 242 g/mol. The second-order valence-electron chi connectivity index (χ2n) is 4.25. The van der Waals surface area contributed by atoms with Crippen molar-refractivity contribution in [3.8, 4) is 0 Å². The molecule has 5 heteroatoms. The Labute approximate surface area is 105 Å². The van der Waals surface area contributed by atoms with Crippen LogP contribution in [0.1, 0.15) is 33.1 Å². The van der Waals surface area contributed by atoms with Gasteiger partial charge in [0.1, 0.15) is 9.84 Å². The van der Waals surface area contributed by atoms with Crippen molar-refractivity contribution in [3.05, 3.63) is 0 Å². The van der Waals surface area contributed by atoms with Gasteiger partial charge in [0.05, 0.1) is 5.75 Å². The Hall–Kier alpha value is 0.260. The Balaban J connectivity index is 3.80. The van der Waals surface area contributed by atoms with Gasteiger partial charge in [-0.15, -0.1) is 0 Å². The van der Waals surface area contributed by atoms with Crippen molar-refractivity contribution in [1.29, 1.82) is 0 Å². The van der Waals surface area contributed by atoms with Gasteiger partial charge in [0.15, 0.2) is 0 Å². The smallest absolute Gasteiger partial charge is 0.147 e. The zero-order valence-electron chi connectivity index (χ0n) is 10.9. The van der Waals surface area contributed by atoms with Gasteiger partial charge in [-0.05, 0) is 32.1 Å². The summed E-state index contributed by atoms with van der Waals surface area (Å²) in [6.45, 7) is 6.16. The van der Waals surface area contributed by atoms with E-state index in [1.807, 2.05) is 11.8 Å². The minimum atomic E-state index is -2.80. The molecular formula is C11H25NO2S2. The molecule has 0 heterocycles. The summed E-state index contributed by atoms with van der Waals surface area (Å²) in [5.74, 6) is 0.282. The van der Waals surface area contributed by atoms with Crippen molar-refractivity contribution in [2.24, 2.45) is 0 Å². The molecule has 0 aromatic rings. The van der Waals surface area contributed by atoms with Gasteiger partial charge in [-0.1, -0.05) is 13.8 Å². The molecule has 0 unspecified atom stereocenters. The highest BCUT2D eigenvalue weighted by atomic mass is 32.2. The Morgan fingerprint density at radius 1 is 1.25 bits per heavy atom. The highest BCUT2D eigenvalue weighted by molar-refractivity contribution is 8.00. The molecule has 0 aliphatic heterocycles. The molecule has 0 aromatic heterocycles. The van der Waals surface area contributed by atoms with Crippen molar-refractivity contribution in [2.75, 3.05) is 31.4 Å². The quantitative estimate of drug-likeness (QED) is 0.649. The van der Waals surface area contributed by atoms with E-state index in [1.165, 1.54) is 6.26 Å². The molecule has 0 rings (SSSR count). The number of nitrogens with one attached hydrogen (secondary N) is 1. The summed E-state index contributed by atoms with van der Waals surface area (Å²) in [6, 6.07) is 0. The lowest BCUT2D eigenvalue weighted by Crippen LogP contribution is -2.37. The largest absolute Gasteiger partial charge is 0.315 e. The molecule has 1 N–H and O–H groups in total. The lowest BCUT2D eigenvalue weighted by molar-refractivity contribution is 0.494. The predicted octanol–water partition coefficient (Wildman–Crippen LogP) is 1.93. The van der Waals surface area contributed by atoms with Crippen molar-refractivity contribution in [3.63, 3.8) is 0 Å². The molecule has 3 nitrogen and oxygen atoms in total. The van der Waals surface area contributed by atoms with Gasteiger partial charge in [0, 0.05) is 17.5 Å². The Morgan fingerprint density at radius 2 is 1.81 bits per heavy atom. The van der Waals surface area contributed by atoms with Gasteiger partial charge in [0.25, 0.3) is 0 Å². The van der Waals surface area contributed by atoms with E-state index >= 15 is 0 Å². The van der Waals surface area contributed by atoms with E-state index in [4.69, 9.17) is 0 Å². The van der Waals surface area contributed by atoms with Crippen molar-refractivity contribution >= 4 is 21.6 Å². The highest BCUT2D eigenvalue weighted by Gasteiger charge is 2.23. The predicted molar refractivity (Wildman–Crippen MR) is 74.0 cm³/mol. The van der Waals surface area contributed by atoms with E-state index in [0.29, 0.717) is 11.2 Å². The van der Waals surface area contributed by atoms with Gasteiger partial charge in [0.2, 0.25) is 0 Å². The van der Waals surface area contributed by atoms with Crippen LogP contribution in [0.3, 0.4) is 0 Å². The van der Waals surface area contributed by atoms with Crippen LogP contribution in [0.2, 0.25) is 0 Å². The fourth-order valence-corrected chi connectivity index (χ4v) is 3.13. The summed E-state index contributed by atoms with van der Waals surface area (Å²) in [5.41, 5.74) is 0. The van der Waals surface area contributed by atoms with E-state index in [1.54, 1.807) is 0 Å². The van der Waals surface area contributed by atoms with Gasteiger partial charge in [-0.2, -0.15) is 11.8 Å². The first-order valence-electron chi connectivity index (χ1n) is 5.82. The van der Waals surface area contributed by atoms with Gasteiger partial charge >= 0.3 is 0 Å². The standard InChI is InChI=1S/C11H25NO2S2/c1-5-11(6-2,15-3)10-12-8-7-9-16(4,13)14/h12H,5-10H2,1-4H3. The third kappa shape index (κ3) is 6.76. The number of thioether (sulfide) groups is 1. The molecule has 0 atom stereocenters. The van der Waals surface area contributed by atoms with E-state index in [9.17, 15) is 8.42 Å². The zero-order valence-corrected chi connectivity index (χ0v) is 12.5. The fraction of sp³-hybridized carbons (Fsp3) is 1.00. The van der Waals surface area contributed by atoms with Crippen LogP contribution >= 0.6 is 11.8 Å². The second kappa shape index (κ2) is 7.56. The van der Waals surface area contributed by atoms with Crippen molar-refractivity contribution in [2.45, 2.75) is 37.9 Å². The zero-order chi connectivity index (χ0) is 12.7. The Morgan fingerprint density at radius 3 is 2.19 bits per heavy atom. The summed E-state index contributed by atoms with van der Waals surface area (Å²) in [5, 5.41) is 3.37. The average Bonchev–Trinajstić information content (AvgIpc) is 2.23. The first kappa shape index (κ1) is 16.3. The monoisotopic (exact) mass is 267 g/mol. The average molecular weight is 267 g/mol. The van der Waals surface area contributed by atoms with Gasteiger partial charge in [-0.3, -0.25) is 0 Å². The van der Waals surface area contributed by atoms with Crippen LogP contribution in [0.5, 0.6) is 0 Å². The molecule has 98 valence electrons. The van der Waals surface area contributed by atoms with Gasteiger partial charge < -0.3 is 5.32 Å². The second-order valence-corrected chi connectivity index (χ2v) is 7.79. The maximum absolute atomic E-state index is 10.9. The molecule has 0 aromatic carbocycles. The molecule has 0 aliphatic rings. The molecule has 0 saturated carbocycles. The number of sulfone groups is 1. The summed E-state index contributed by atoms with van der Waals surface area (Å²) in [7, 11) is -2.80. The van der Waals surface area contributed by atoms with E-state index in [-0.39, 0.29) is 5.75 Å². The third-order valence-electron chi connectivity index (χ3n) is 3.04. The highest BCUT2D eigenvalue weighted by Crippen LogP contribution is 2.29. The van der Waals surface area contributed by atoms with Crippen molar-refractivity contribution < 1.29 is 8.42 Å². The van der Waals surface area contributed by atoms with Crippen LogP contribution in [0.15, 0.2) is 0 Å². The molecule has 0 radical (unpaired) electrons. The lowest BCUT2D eigenvalue weighted by Gasteiger charge is -2.30. The maximum Gasteiger partial charge on any atom is 0.147 e. The van der Waals surface area contributed by atoms with E-state index in [2.05, 4.69) is 25.4 Å². The summed E-state index contributed by atoms with van der Waals surface area (Å²) in [4.78, 5) is 0. The molecule has 0 saturated heterocycles. The molecule has 0 aliphatic carbocycles. The molecule has 0 fully saturated rings. The summed E-state index contributed by atoms with van der Waals surface area (Å²) >= 11 is 1.90. The van der Waals surface area contributed by atoms with Crippen LogP contribution in [0.4, 0.5) is 0 Å². The van der Waals surface area contributed by atoms with Crippen LogP contribution in [-0.2, 0) is 9.84 Å². The first-order chi connectivity index (χ1) is 7.39. The van der Waals surface area contributed by atoms with Crippen molar-refractivity contribution in [1.82, 2.24) is 5.32 Å². The lowest BCUT2D eigenvalue weighted by atomic mass is 10.0. The minimum Gasteiger partial charge on any atom is -0.315 e. The van der Waals surface area contributed by atoms with Crippen LogP contribution in [-0.4, -0.2) is 44.5 Å². The van der Waals surface area contributed by atoms with Crippen LogP contribution in [0.25, 0.3) is 0 Å². The van der Waals surface area contributed by atoms with Crippen LogP contribution in [0, 0.1) is 0 Å². The number of hydrogen-bond donors (Lipinski definition) is 1. The topological polar surface area (TPSA) is 46.2 Å².